The first-order chi connectivity index (χ1) is 17.9. The van der Waals surface area contributed by atoms with Crippen molar-refractivity contribution in [1.82, 2.24) is 9.88 Å². The Morgan fingerprint density at radius 3 is 2.59 bits per heavy atom. The first kappa shape index (κ1) is 27.1. The monoisotopic (exact) mass is 562 g/mol. The van der Waals surface area contributed by atoms with Gasteiger partial charge in [0.2, 0.25) is 10.3 Å². The van der Waals surface area contributed by atoms with Gasteiger partial charge >= 0.3 is 5.97 Å². The second-order valence-corrected chi connectivity index (χ2v) is 10.6. The number of morpholine rings is 1. The molecule has 1 aromatic heterocycles. The lowest BCUT2D eigenvalue weighted by molar-refractivity contribution is 0.0342. The number of nitrogens with zero attached hydrogens (tertiary/aromatic N) is 2. The van der Waals surface area contributed by atoms with Crippen LogP contribution in [0.4, 0.5) is 11.5 Å². The molecular weight excluding hydrogens is 536 g/mol. The van der Waals surface area contributed by atoms with Crippen molar-refractivity contribution in [2.45, 2.75) is 20.0 Å². The molecule has 1 fully saturated rings. The van der Waals surface area contributed by atoms with Gasteiger partial charge in [0.05, 0.1) is 19.8 Å². The molecule has 37 heavy (non-hydrogen) atoms. The fraction of sp³-hybridized carbons (Fsp3) is 0.320. The molecule has 0 saturated carbocycles. The van der Waals surface area contributed by atoms with Gasteiger partial charge in [0, 0.05) is 42.5 Å². The SMILES string of the molecule is CCOC(=O)c1sc(C(c2ccc(Cl)cc2)=S(=O)=O)nc1NCc1ccc(CN2CCOCC2)cc1N. The van der Waals surface area contributed by atoms with Crippen molar-refractivity contribution < 1.29 is 22.7 Å². The summed E-state index contributed by atoms with van der Waals surface area (Å²) < 4.78 is 34.8. The number of hydrogen-bond donors (Lipinski definition) is 2. The minimum Gasteiger partial charge on any atom is -0.462 e. The summed E-state index contributed by atoms with van der Waals surface area (Å²) >= 11 is 6.90. The molecule has 0 aliphatic carbocycles. The second-order valence-electron chi connectivity index (χ2n) is 8.26. The Morgan fingerprint density at radius 1 is 1.22 bits per heavy atom. The number of anilines is 2. The number of thiazole rings is 1. The topological polar surface area (TPSA) is 124 Å². The summed E-state index contributed by atoms with van der Waals surface area (Å²) in [7, 11) is -2.61. The van der Waals surface area contributed by atoms with Crippen molar-refractivity contribution in [3.8, 4) is 0 Å². The standard InChI is InChI=1S/C25H27ClN4O5S2/c1-2-35-25(31)21-23(29-24(36-21)22(37(32)33)17-5-7-19(26)8-6-17)28-14-18-4-3-16(13-20(18)27)15-30-9-11-34-12-10-30/h3-8,13,28H,2,9-12,14-15,27H2,1H3. The van der Waals surface area contributed by atoms with Gasteiger partial charge in [-0.2, -0.15) is 8.42 Å². The van der Waals surface area contributed by atoms with Gasteiger partial charge in [-0.25, -0.2) is 9.78 Å². The molecule has 0 unspecified atom stereocenters. The van der Waals surface area contributed by atoms with E-state index in [1.807, 2.05) is 18.2 Å². The molecule has 0 radical (unpaired) electrons. The Kier molecular flexibility index (Phi) is 9.17. The third kappa shape index (κ3) is 6.88. The van der Waals surface area contributed by atoms with Crippen molar-refractivity contribution in [2.75, 3.05) is 44.0 Å². The summed E-state index contributed by atoms with van der Waals surface area (Å²) in [5, 5.41) is 3.78. The second kappa shape index (κ2) is 12.5. The van der Waals surface area contributed by atoms with Crippen molar-refractivity contribution in [3.05, 3.63) is 74.1 Å². The highest BCUT2D eigenvalue weighted by molar-refractivity contribution is 7.74. The van der Waals surface area contributed by atoms with Crippen molar-refractivity contribution in [1.29, 1.82) is 0 Å². The maximum absolute atomic E-state index is 12.7. The molecule has 0 bridgehead atoms. The Hall–Kier alpha value is -2.96. The molecule has 1 aliphatic rings. The molecule has 0 amide bonds. The lowest BCUT2D eigenvalue weighted by atomic mass is 10.1. The Morgan fingerprint density at radius 2 is 1.95 bits per heavy atom. The van der Waals surface area contributed by atoms with Crippen LogP contribution in [-0.2, 0) is 32.9 Å². The van der Waals surface area contributed by atoms with Crippen molar-refractivity contribution >= 4 is 55.6 Å². The number of nitrogen functional groups attached to an aromatic ring is 1. The van der Waals surface area contributed by atoms with Crippen LogP contribution in [0.5, 0.6) is 0 Å². The molecule has 4 rings (SSSR count). The lowest BCUT2D eigenvalue weighted by Crippen LogP contribution is -2.35. The van der Waals surface area contributed by atoms with Crippen LogP contribution in [0.2, 0.25) is 5.02 Å². The Labute approximate surface area is 225 Å². The molecule has 0 atom stereocenters. The van der Waals surface area contributed by atoms with E-state index in [0.717, 1.165) is 55.3 Å². The van der Waals surface area contributed by atoms with Gasteiger partial charge in [-0.1, -0.05) is 35.9 Å². The quantitative estimate of drug-likeness (QED) is 0.175. The van der Waals surface area contributed by atoms with E-state index in [9.17, 15) is 13.2 Å². The maximum Gasteiger partial charge on any atom is 0.352 e. The van der Waals surface area contributed by atoms with E-state index < -0.39 is 16.3 Å². The molecule has 1 aliphatic heterocycles. The van der Waals surface area contributed by atoms with Gasteiger partial charge < -0.3 is 20.5 Å². The van der Waals surface area contributed by atoms with Crippen LogP contribution in [0.3, 0.4) is 0 Å². The van der Waals surface area contributed by atoms with Gasteiger partial charge in [0.1, 0.15) is 9.87 Å². The molecule has 2 heterocycles. The summed E-state index contributed by atoms with van der Waals surface area (Å²) in [6.07, 6.45) is 0. The summed E-state index contributed by atoms with van der Waals surface area (Å²) in [6, 6.07) is 12.3. The first-order valence-electron chi connectivity index (χ1n) is 11.7. The van der Waals surface area contributed by atoms with Crippen LogP contribution < -0.4 is 11.1 Å². The molecule has 3 aromatic rings. The van der Waals surface area contributed by atoms with Crippen molar-refractivity contribution in [3.63, 3.8) is 0 Å². The molecule has 3 N–H and O–H groups in total. The van der Waals surface area contributed by atoms with E-state index in [-0.39, 0.29) is 33.7 Å². The van der Waals surface area contributed by atoms with Crippen LogP contribution in [-0.4, -0.2) is 62.0 Å². The van der Waals surface area contributed by atoms with E-state index in [2.05, 4.69) is 15.2 Å². The first-order valence-corrected chi connectivity index (χ1v) is 13.9. The van der Waals surface area contributed by atoms with Crippen LogP contribution in [0.15, 0.2) is 42.5 Å². The van der Waals surface area contributed by atoms with E-state index in [4.69, 9.17) is 26.8 Å². The Balaban J connectivity index is 1.57. The predicted octanol–water partition coefficient (Wildman–Crippen LogP) is 3.45. The van der Waals surface area contributed by atoms with Crippen LogP contribution in [0.25, 0.3) is 0 Å². The van der Waals surface area contributed by atoms with E-state index in [1.54, 1.807) is 31.2 Å². The molecular formula is C25H27ClN4O5S2. The number of carbonyl (C=O) groups is 1. The van der Waals surface area contributed by atoms with E-state index in [1.165, 1.54) is 0 Å². The number of nitrogens with one attached hydrogen (secondary N) is 1. The summed E-state index contributed by atoms with van der Waals surface area (Å²) in [6.45, 7) is 6.17. The minimum atomic E-state index is -2.61. The van der Waals surface area contributed by atoms with E-state index >= 15 is 0 Å². The zero-order valence-electron chi connectivity index (χ0n) is 20.2. The highest BCUT2D eigenvalue weighted by atomic mass is 35.5. The fourth-order valence-electron chi connectivity index (χ4n) is 3.86. The highest BCUT2D eigenvalue weighted by Crippen LogP contribution is 2.28. The molecule has 12 heteroatoms. The van der Waals surface area contributed by atoms with Crippen LogP contribution in [0, 0.1) is 0 Å². The normalized spacial score (nSPS) is 13.8. The zero-order chi connectivity index (χ0) is 26.4. The zero-order valence-corrected chi connectivity index (χ0v) is 22.6. The van der Waals surface area contributed by atoms with Gasteiger partial charge in [-0.15, -0.1) is 11.3 Å². The van der Waals surface area contributed by atoms with Crippen LogP contribution >= 0.6 is 22.9 Å². The molecule has 2 aromatic carbocycles. The highest BCUT2D eigenvalue weighted by Gasteiger charge is 2.23. The maximum atomic E-state index is 12.7. The lowest BCUT2D eigenvalue weighted by Gasteiger charge is -2.26. The average molecular weight is 563 g/mol. The molecule has 0 spiro atoms. The third-order valence-electron chi connectivity index (χ3n) is 5.72. The number of hydrogen-bond acceptors (Lipinski definition) is 10. The summed E-state index contributed by atoms with van der Waals surface area (Å²) in [4.78, 5) is 19.6. The number of benzene rings is 2. The third-order valence-corrected chi connectivity index (χ3v) is 7.92. The average Bonchev–Trinajstić information content (AvgIpc) is 3.29. The number of rotatable bonds is 9. The number of aromatic nitrogens is 1. The van der Waals surface area contributed by atoms with Gasteiger partial charge in [-0.05, 0) is 36.2 Å². The predicted molar refractivity (Wildman–Crippen MR) is 146 cm³/mol. The number of ether oxygens (including phenoxy) is 2. The van der Waals surface area contributed by atoms with Crippen molar-refractivity contribution in [2.24, 2.45) is 0 Å². The molecule has 9 nitrogen and oxygen atoms in total. The minimum absolute atomic E-state index is 0.0350. The summed E-state index contributed by atoms with van der Waals surface area (Å²) in [5.41, 5.74) is 9.28. The summed E-state index contributed by atoms with van der Waals surface area (Å²) in [5.74, 6) is -0.359. The number of esters is 1. The van der Waals surface area contributed by atoms with Gasteiger partial charge in [-0.3, -0.25) is 4.90 Å². The fourth-order valence-corrected chi connectivity index (χ4v) is 5.73. The van der Waals surface area contributed by atoms with E-state index in [0.29, 0.717) is 16.3 Å². The number of carbonyl (C=O) groups excluding carboxylic acids is 1. The Bertz CT molecular complexity index is 1390. The largest absolute Gasteiger partial charge is 0.462 e. The van der Waals surface area contributed by atoms with Crippen LogP contribution in [0.1, 0.15) is 38.3 Å². The number of halogens is 1. The van der Waals surface area contributed by atoms with Gasteiger partial charge in [0.15, 0.2) is 10.7 Å². The smallest absolute Gasteiger partial charge is 0.352 e. The number of nitrogens with two attached hydrogens (primary N) is 1. The molecule has 1 saturated heterocycles. The van der Waals surface area contributed by atoms with Gasteiger partial charge in [0.25, 0.3) is 0 Å². The molecule has 196 valence electrons.